The second kappa shape index (κ2) is 4.58. The Kier molecular flexibility index (Phi) is 3.06. The summed E-state index contributed by atoms with van der Waals surface area (Å²) in [7, 11) is 1.71. The average molecular weight is 246 g/mol. The first-order chi connectivity index (χ1) is 8.70. The molecule has 0 aliphatic heterocycles. The number of aliphatic hydroxyl groups is 1. The van der Waals surface area contributed by atoms with Crippen LogP contribution < -0.4 is 4.74 Å². The van der Waals surface area contributed by atoms with Crippen molar-refractivity contribution >= 4 is 0 Å². The van der Waals surface area contributed by atoms with E-state index < -0.39 is 5.60 Å². The van der Waals surface area contributed by atoms with Gasteiger partial charge in [0.25, 0.3) is 0 Å². The van der Waals surface area contributed by atoms with Crippen LogP contribution in [-0.2, 0) is 6.42 Å². The second-order valence-electron chi connectivity index (χ2n) is 5.95. The lowest BCUT2D eigenvalue weighted by molar-refractivity contribution is 0.150. The molecule has 2 aliphatic carbocycles. The van der Waals surface area contributed by atoms with Crippen LogP contribution in [-0.4, -0.2) is 17.8 Å². The first-order valence-corrected chi connectivity index (χ1v) is 7.09. The zero-order valence-electron chi connectivity index (χ0n) is 11.1. The molecule has 0 amide bonds. The third-order valence-corrected chi connectivity index (χ3v) is 4.48. The summed E-state index contributed by atoms with van der Waals surface area (Å²) < 4.78 is 5.43. The number of rotatable bonds is 4. The summed E-state index contributed by atoms with van der Waals surface area (Å²) in [5.74, 6) is 1.65. The minimum Gasteiger partial charge on any atom is -0.496 e. The van der Waals surface area contributed by atoms with Crippen LogP contribution >= 0.6 is 0 Å². The van der Waals surface area contributed by atoms with E-state index in [4.69, 9.17) is 4.74 Å². The standard InChI is InChI=1S/C16H22O2/c1-18-15-7-6-13(12-4-2-3-5-12)10-14(15)11-16(17)8-9-16/h6-7,10,12,17H,2-5,8-9,11H2,1H3. The van der Waals surface area contributed by atoms with Crippen molar-refractivity contribution in [3.05, 3.63) is 29.3 Å². The minimum absolute atomic E-state index is 0.443. The fraction of sp³-hybridized carbons (Fsp3) is 0.625. The fourth-order valence-electron chi connectivity index (χ4n) is 3.13. The van der Waals surface area contributed by atoms with E-state index in [2.05, 4.69) is 18.2 Å². The SMILES string of the molecule is COc1ccc(C2CCCC2)cc1CC1(O)CC1. The Bertz CT molecular complexity index is 429. The van der Waals surface area contributed by atoms with E-state index >= 15 is 0 Å². The largest absolute Gasteiger partial charge is 0.496 e. The summed E-state index contributed by atoms with van der Waals surface area (Å²) in [5, 5.41) is 10.1. The van der Waals surface area contributed by atoms with Crippen LogP contribution in [0.3, 0.4) is 0 Å². The van der Waals surface area contributed by atoms with Gasteiger partial charge >= 0.3 is 0 Å². The van der Waals surface area contributed by atoms with Crippen molar-refractivity contribution in [2.45, 2.75) is 56.5 Å². The van der Waals surface area contributed by atoms with Crippen LogP contribution in [0.2, 0.25) is 0 Å². The van der Waals surface area contributed by atoms with E-state index in [0.29, 0.717) is 0 Å². The van der Waals surface area contributed by atoms with Crippen molar-refractivity contribution in [2.75, 3.05) is 7.11 Å². The molecule has 18 heavy (non-hydrogen) atoms. The fourth-order valence-corrected chi connectivity index (χ4v) is 3.13. The van der Waals surface area contributed by atoms with E-state index in [1.165, 1.54) is 36.8 Å². The molecule has 1 aromatic rings. The first kappa shape index (κ1) is 12.0. The lowest BCUT2D eigenvalue weighted by Gasteiger charge is -2.16. The summed E-state index contributed by atoms with van der Waals surface area (Å²) in [4.78, 5) is 0. The summed E-state index contributed by atoms with van der Waals surface area (Å²) in [6.07, 6.45) is 7.96. The van der Waals surface area contributed by atoms with E-state index in [1.807, 2.05) is 0 Å². The van der Waals surface area contributed by atoms with Gasteiger partial charge in [-0.2, -0.15) is 0 Å². The van der Waals surface area contributed by atoms with Gasteiger partial charge in [-0.05, 0) is 48.8 Å². The van der Waals surface area contributed by atoms with Crippen LogP contribution in [0.4, 0.5) is 0 Å². The molecule has 0 unspecified atom stereocenters. The van der Waals surface area contributed by atoms with Crippen LogP contribution in [0.5, 0.6) is 5.75 Å². The van der Waals surface area contributed by atoms with Gasteiger partial charge in [0.1, 0.15) is 5.75 Å². The summed E-state index contributed by atoms with van der Waals surface area (Å²) in [6, 6.07) is 6.55. The number of hydrogen-bond donors (Lipinski definition) is 1. The molecule has 0 bridgehead atoms. The van der Waals surface area contributed by atoms with E-state index in [9.17, 15) is 5.11 Å². The smallest absolute Gasteiger partial charge is 0.122 e. The minimum atomic E-state index is -0.443. The van der Waals surface area contributed by atoms with Gasteiger partial charge in [0.2, 0.25) is 0 Å². The molecule has 0 atom stereocenters. The summed E-state index contributed by atoms with van der Waals surface area (Å²) >= 11 is 0. The van der Waals surface area contributed by atoms with E-state index in [1.54, 1.807) is 7.11 Å². The van der Waals surface area contributed by atoms with Gasteiger partial charge in [0.05, 0.1) is 12.7 Å². The average Bonchev–Trinajstić information content (AvgIpc) is 2.91. The molecule has 0 saturated heterocycles. The lowest BCUT2D eigenvalue weighted by Crippen LogP contribution is -2.12. The van der Waals surface area contributed by atoms with Crippen LogP contribution in [0.1, 0.15) is 55.6 Å². The third kappa shape index (κ3) is 2.39. The molecule has 0 aromatic heterocycles. The lowest BCUT2D eigenvalue weighted by atomic mass is 9.93. The maximum absolute atomic E-state index is 10.1. The quantitative estimate of drug-likeness (QED) is 0.882. The number of benzene rings is 1. The molecule has 1 aromatic carbocycles. The molecular weight excluding hydrogens is 224 g/mol. The van der Waals surface area contributed by atoms with Gasteiger partial charge in [-0.1, -0.05) is 25.0 Å². The Hall–Kier alpha value is -1.02. The van der Waals surface area contributed by atoms with Crippen LogP contribution in [0, 0.1) is 0 Å². The van der Waals surface area contributed by atoms with E-state index in [-0.39, 0.29) is 0 Å². The van der Waals surface area contributed by atoms with Gasteiger partial charge in [0.15, 0.2) is 0 Å². The highest BCUT2D eigenvalue weighted by atomic mass is 16.5. The van der Waals surface area contributed by atoms with Crippen molar-refractivity contribution < 1.29 is 9.84 Å². The monoisotopic (exact) mass is 246 g/mol. The normalized spacial score (nSPS) is 22.1. The maximum Gasteiger partial charge on any atom is 0.122 e. The maximum atomic E-state index is 10.1. The molecule has 2 heteroatoms. The Balaban J connectivity index is 1.85. The molecule has 2 saturated carbocycles. The molecular formula is C16H22O2. The van der Waals surface area contributed by atoms with Gasteiger partial charge < -0.3 is 9.84 Å². The van der Waals surface area contributed by atoms with Gasteiger partial charge in [0, 0.05) is 6.42 Å². The predicted octanol–water partition coefficient (Wildman–Crippen LogP) is 3.42. The van der Waals surface area contributed by atoms with Crippen LogP contribution in [0.25, 0.3) is 0 Å². The highest BCUT2D eigenvalue weighted by Crippen LogP contribution is 2.42. The number of hydrogen-bond acceptors (Lipinski definition) is 2. The molecule has 2 fully saturated rings. The highest BCUT2D eigenvalue weighted by molar-refractivity contribution is 5.40. The van der Waals surface area contributed by atoms with Crippen molar-refractivity contribution in [1.82, 2.24) is 0 Å². The van der Waals surface area contributed by atoms with Crippen molar-refractivity contribution in [3.63, 3.8) is 0 Å². The summed E-state index contributed by atoms with van der Waals surface area (Å²) in [6.45, 7) is 0. The number of ether oxygens (including phenoxy) is 1. The van der Waals surface area contributed by atoms with Crippen LogP contribution in [0.15, 0.2) is 18.2 Å². The topological polar surface area (TPSA) is 29.5 Å². The van der Waals surface area contributed by atoms with Crippen molar-refractivity contribution in [3.8, 4) is 5.75 Å². The highest BCUT2D eigenvalue weighted by Gasteiger charge is 2.40. The van der Waals surface area contributed by atoms with E-state index in [0.717, 1.165) is 30.9 Å². The Morgan fingerprint density at radius 2 is 2.00 bits per heavy atom. The molecule has 0 spiro atoms. The molecule has 2 aliphatic rings. The second-order valence-corrected chi connectivity index (χ2v) is 5.95. The molecule has 1 N–H and O–H groups in total. The predicted molar refractivity (Wildman–Crippen MR) is 72.1 cm³/mol. The summed E-state index contributed by atoms with van der Waals surface area (Å²) in [5.41, 5.74) is 2.18. The molecule has 0 radical (unpaired) electrons. The van der Waals surface area contributed by atoms with Gasteiger partial charge in [-0.3, -0.25) is 0 Å². The van der Waals surface area contributed by atoms with Crippen molar-refractivity contribution in [2.24, 2.45) is 0 Å². The number of methoxy groups -OCH3 is 1. The Morgan fingerprint density at radius 1 is 1.28 bits per heavy atom. The molecule has 0 heterocycles. The molecule has 2 nitrogen and oxygen atoms in total. The van der Waals surface area contributed by atoms with Gasteiger partial charge in [-0.15, -0.1) is 0 Å². The Labute approximate surface area is 109 Å². The molecule has 3 rings (SSSR count). The zero-order chi connectivity index (χ0) is 12.6. The molecule has 98 valence electrons. The van der Waals surface area contributed by atoms with Gasteiger partial charge in [-0.25, -0.2) is 0 Å². The third-order valence-electron chi connectivity index (χ3n) is 4.48. The first-order valence-electron chi connectivity index (χ1n) is 7.09. The van der Waals surface area contributed by atoms with Crippen molar-refractivity contribution in [1.29, 1.82) is 0 Å². The zero-order valence-corrected chi connectivity index (χ0v) is 11.1. The Morgan fingerprint density at radius 3 is 2.61 bits per heavy atom.